The zero-order chi connectivity index (χ0) is 52.2. The van der Waals surface area contributed by atoms with Crippen LogP contribution < -0.4 is 0 Å². The van der Waals surface area contributed by atoms with Crippen LogP contribution in [0.3, 0.4) is 0 Å². The first-order chi connectivity index (χ1) is 35.5. The minimum Gasteiger partial charge on any atom is -0.462 e. The van der Waals surface area contributed by atoms with Gasteiger partial charge in [0.25, 0.3) is 0 Å². The van der Waals surface area contributed by atoms with Gasteiger partial charge in [-0.15, -0.1) is 0 Å². The SMILES string of the molecule is CCCCCC/C=C\CCCCCCCC(=O)OC(COC(=O)CCCCCCCCCC)COC(=O)CCCCCCCCCCCCCCCCCCCCCCCCCCCCCCCCCCC. The number of unbranched alkanes of at least 4 members (excludes halogenated alkanes) is 48. The minimum absolute atomic E-state index is 0.0681. The van der Waals surface area contributed by atoms with Crippen molar-refractivity contribution in [3.8, 4) is 0 Å². The summed E-state index contributed by atoms with van der Waals surface area (Å²) in [5.74, 6) is -0.859. The van der Waals surface area contributed by atoms with E-state index < -0.39 is 6.10 Å². The lowest BCUT2D eigenvalue weighted by molar-refractivity contribution is -0.167. The summed E-state index contributed by atoms with van der Waals surface area (Å²) >= 11 is 0. The topological polar surface area (TPSA) is 78.9 Å². The lowest BCUT2D eigenvalue weighted by atomic mass is 10.0. The fourth-order valence-electron chi connectivity index (χ4n) is 10.1. The van der Waals surface area contributed by atoms with Crippen molar-refractivity contribution in [3.05, 3.63) is 12.2 Å². The van der Waals surface area contributed by atoms with Gasteiger partial charge in [-0.05, 0) is 44.9 Å². The molecule has 0 aliphatic carbocycles. The molecule has 1 atom stereocenters. The van der Waals surface area contributed by atoms with Crippen LogP contribution in [0.2, 0.25) is 0 Å². The molecule has 0 fully saturated rings. The molecule has 6 heteroatoms. The maximum absolute atomic E-state index is 12.8. The highest BCUT2D eigenvalue weighted by molar-refractivity contribution is 5.71. The van der Waals surface area contributed by atoms with E-state index in [2.05, 4.69) is 32.9 Å². The molecule has 6 nitrogen and oxygen atoms in total. The number of allylic oxidation sites excluding steroid dienone is 2. The molecule has 0 aromatic carbocycles. The van der Waals surface area contributed by atoms with Crippen molar-refractivity contribution in [3.63, 3.8) is 0 Å². The summed E-state index contributed by atoms with van der Waals surface area (Å²) in [5.41, 5.74) is 0. The summed E-state index contributed by atoms with van der Waals surface area (Å²) < 4.78 is 16.8. The van der Waals surface area contributed by atoms with Crippen LogP contribution in [0.4, 0.5) is 0 Å². The van der Waals surface area contributed by atoms with Gasteiger partial charge in [0, 0.05) is 19.3 Å². The Morgan fingerprint density at radius 2 is 0.458 bits per heavy atom. The number of carbonyl (C=O) groups is 3. The second-order valence-corrected chi connectivity index (χ2v) is 22.4. The Morgan fingerprint density at radius 3 is 0.708 bits per heavy atom. The van der Waals surface area contributed by atoms with Gasteiger partial charge in [0.05, 0.1) is 0 Å². The molecule has 0 saturated carbocycles. The fourth-order valence-corrected chi connectivity index (χ4v) is 10.1. The number of carbonyl (C=O) groups excluding carboxylic acids is 3. The zero-order valence-corrected chi connectivity index (χ0v) is 49.0. The molecular weight excluding hydrogens is 889 g/mol. The minimum atomic E-state index is -0.768. The third-order valence-corrected chi connectivity index (χ3v) is 15.0. The molecule has 0 saturated heterocycles. The van der Waals surface area contributed by atoms with Gasteiger partial charge in [0.1, 0.15) is 13.2 Å². The van der Waals surface area contributed by atoms with Crippen molar-refractivity contribution in [1.29, 1.82) is 0 Å². The van der Waals surface area contributed by atoms with Crippen molar-refractivity contribution in [2.45, 2.75) is 380 Å². The lowest BCUT2D eigenvalue weighted by Gasteiger charge is -2.18. The molecule has 0 aliphatic rings. The molecule has 0 heterocycles. The first kappa shape index (κ1) is 70.1. The van der Waals surface area contributed by atoms with E-state index in [1.165, 1.54) is 270 Å². The van der Waals surface area contributed by atoms with Crippen molar-refractivity contribution < 1.29 is 28.6 Å². The Kier molecular flexibility index (Phi) is 60.1. The summed E-state index contributed by atoms with van der Waals surface area (Å²) in [7, 11) is 0. The molecule has 0 bridgehead atoms. The predicted molar refractivity (Wildman–Crippen MR) is 312 cm³/mol. The van der Waals surface area contributed by atoms with E-state index in [1.807, 2.05) is 0 Å². The zero-order valence-electron chi connectivity index (χ0n) is 49.0. The third-order valence-electron chi connectivity index (χ3n) is 15.0. The van der Waals surface area contributed by atoms with Gasteiger partial charge >= 0.3 is 17.9 Å². The van der Waals surface area contributed by atoms with Crippen LogP contribution in [0.25, 0.3) is 0 Å². The molecule has 0 radical (unpaired) electrons. The van der Waals surface area contributed by atoms with Gasteiger partial charge in [-0.3, -0.25) is 14.4 Å². The summed E-state index contributed by atoms with van der Waals surface area (Å²) in [6.07, 6.45) is 72.7. The summed E-state index contributed by atoms with van der Waals surface area (Å²) in [6.45, 7) is 6.65. The molecule has 0 aromatic heterocycles. The fraction of sp³-hybridized carbons (Fsp3) is 0.924. The van der Waals surface area contributed by atoms with Crippen molar-refractivity contribution in [1.82, 2.24) is 0 Å². The molecule has 0 rings (SSSR count). The van der Waals surface area contributed by atoms with Gasteiger partial charge in [-0.2, -0.15) is 0 Å². The molecule has 0 amide bonds. The first-order valence-electron chi connectivity index (χ1n) is 32.7. The Hall–Kier alpha value is -1.85. The van der Waals surface area contributed by atoms with Crippen molar-refractivity contribution >= 4 is 17.9 Å². The highest BCUT2D eigenvalue weighted by Gasteiger charge is 2.19. The molecule has 426 valence electrons. The number of esters is 3. The molecular formula is C66H126O6. The second kappa shape index (κ2) is 61.7. The highest BCUT2D eigenvalue weighted by atomic mass is 16.6. The molecule has 0 aliphatic heterocycles. The number of hydrogen-bond acceptors (Lipinski definition) is 6. The summed E-state index contributed by atoms with van der Waals surface area (Å²) in [6, 6.07) is 0. The Labute approximate surface area is 450 Å². The average Bonchev–Trinajstić information content (AvgIpc) is 3.38. The van der Waals surface area contributed by atoms with E-state index in [1.54, 1.807) is 0 Å². The maximum atomic E-state index is 12.8. The Morgan fingerprint density at radius 1 is 0.264 bits per heavy atom. The largest absolute Gasteiger partial charge is 0.462 e. The van der Waals surface area contributed by atoms with Crippen LogP contribution in [-0.2, 0) is 28.6 Å². The number of rotatable bonds is 61. The van der Waals surface area contributed by atoms with E-state index in [0.717, 1.165) is 64.2 Å². The van der Waals surface area contributed by atoms with Gasteiger partial charge in [-0.1, -0.05) is 322 Å². The standard InChI is InChI=1S/C66H126O6/c1-4-7-10-13-16-19-21-23-24-25-26-27-28-29-30-31-32-33-34-35-36-37-38-39-40-41-42-44-45-47-50-53-56-59-65(68)71-62-63(61-70-64(67)58-55-52-49-18-15-12-9-6-3)72-66(69)60-57-54-51-48-46-43-22-20-17-14-11-8-5-2/h20,22,63H,4-19,21,23-62H2,1-3H3/b22-20-. The lowest BCUT2D eigenvalue weighted by Crippen LogP contribution is -2.30. The normalized spacial score (nSPS) is 12.0. The molecule has 0 spiro atoms. The van der Waals surface area contributed by atoms with Crippen molar-refractivity contribution in [2.75, 3.05) is 13.2 Å². The van der Waals surface area contributed by atoms with Crippen LogP contribution in [0.15, 0.2) is 12.2 Å². The molecule has 1 unspecified atom stereocenters. The number of ether oxygens (including phenoxy) is 3. The van der Waals surface area contributed by atoms with Gasteiger partial charge in [0.15, 0.2) is 6.10 Å². The van der Waals surface area contributed by atoms with Crippen LogP contribution >= 0.6 is 0 Å². The van der Waals surface area contributed by atoms with Crippen molar-refractivity contribution in [2.24, 2.45) is 0 Å². The first-order valence-corrected chi connectivity index (χ1v) is 32.7. The average molecular weight is 1020 g/mol. The van der Waals surface area contributed by atoms with E-state index >= 15 is 0 Å². The molecule has 0 N–H and O–H groups in total. The van der Waals surface area contributed by atoms with E-state index in [0.29, 0.717) is 19.3 Å². The van der Waals surface area contributed by atoms with Crippen LogP contribution in [0, 0.1) is 0 Å². The monoisotopic (exact) mass is 1010 g/mol. The van der Waals surface area contributed by atoms with Gasteiger partial charge in [-0.25, -0.2) is 0 Å². The Bertz CT molecular complexity index is 1120. The van der Waals surface area contributed by atoms with E-state index in [-0.39, 0.29) is 31.1 Å². The molecule has 72 heavy (non-hydrogen) atoms. The third kappa shape index (κ3) is 59.0. The van der Waals surface area contributed by atoms with Crippen LogP contribution in [0.1, 0.15) is 374 Å². The highest BCUT2D eigenvalue weighted by Crippen LogP contribution is 2.18. The smallest absolute Gasteiger partial charge is 0.306 e. The van der Waals surface area contributed by atoms with Gasteiger partial charge in [0.2, 0.25) is 0 Å². The van der Waals surface area contributed by atoms with Crippen LogP contribution in [0.5, 0.6) is 0 Å². The van der Waals surface area contributed by atoms with Crippen LogP contribution in [-0.4, -0.2) is 37.2 Å². The number of hydrogen-bond donors (Lipinski definition) is 0. The Balaban J connectivity index is 3.91. The quantitative estimate of drug-likeness (QED) is 0.0261. The van der Waals surface area contributed by atoms with E-state index in [9.17, 15) is 14.4 Å². The summed E-state index contributed by atoms with van der Waals surface area (Å²) in [4.78, 5) is 38.0. The molecule has 0 aromatic rings. The predicted octanol–water partition coefficient (Wildman–Crippen LogP) is 22.1. The maximum Gasteiger partial charge on any atom is 0.306 e. The van der Waals surface area contributed by atoms with Gasteiger partial charge < -0.3 is 14.2 Å². The second-order valence-electron chi connectivity index (χ2n) is 22.4. The van der Waals surface area contributed by atoms with E-state index in [4.69, 9.17) is 14.2 Å². The summed E-state index contributed by atoms with van der Waals surface area (Å²) in [5, 5.41) is 0.